The Morgan fingerprint density at radius 3 is 2.66 bits per heavy atom. The molecule has 1 N–H and O–H groups in total. The number of hydrogen-bond acceptors (Lipinski definition) is 2. The molecule has 0 aliphatic rings. The molecule has 146 valence electrons. The van der Waals surface area contributed by atoms with Gasteiger partial charge in [0.2, 0.25) is 0 Å². The van der Waals surface area contributed by atoms with E-state index in [0.717, 1.165) is 29.8 Å². The zero-order valence-corrected chi connectivity index (χ0v) is 17.2. The van der Waals surface area contributed by atoms with Crippen LogP contribution in [0.5, 0.6) is 0 Å². The van der Waals surface area contributed by atoms with Crippen molar-refractivity contribution in [3.8, 4) is 0 Å². The summed E-state index contributed by atoms with van der Waals surface area (Å²) >= 11 is 5.89. The summed E-state index contributed by atoms with van der Waals surface area (Å²) in [6.45, 7) is 7.24. The van der Waals surface area contributed by atoms with Gasteiger partial charge < -0.3 is 9.88 Å². The molecule has 0 bridgehead atoms. The summed E-state index contributed by atoms with van der Waals surface area (Å²) in [5.41, 5.74) is 5.64. The molecule has 1 unspecified atom stereocenters. The van der Waals surface area contributed by atoms with E-state index in [4.69, 9.17) is 11.6 Å². The maximum atomic E-state index is 5.89. The largest absolute Gasteiger partial charge is 0.378 e. The predicted octanol–water partition coefficient (Wildman–Crippen LogP) is 6.45. The fourth-order valence-corrected chi connectivity index (χ4v) is 3.73. The third kappa shape index (κ3) is 4.36. The standard InChI is InChI=1S/C25H24ClN3/c1-3-23(20-7-5-4-6-8-20)28-18(2)21-10-11-24-22(15-21)13-14-29(24)17-19-9-12-25(26)27-16-19/h4-16,23,28H,2-3,17H2,1H3. The average molecular weight is 402 g/mol. The molecule has 0 radical (unpaired) electrons. The topological polar surface area (TPSA) is 29.9 Å². The quantitative estimate of drug-likeness (QED) is 0.360. The lowest BCUT2D eigenvalue weighted by molar-refractivity contribution is 0.614. The normalized spacial score (nSPS) is 12.1. The Balaban J connectivity index is 1.53. The van der Waals surface area contributed by atoms with Crippen molar-refractivity contribution < 1.29 is 0 Å². The van der Waals surface area contributed by atoms with Crippen molar-refractivity contribution in [1.29, 1.82) is 0 Å². The maximum Gasteiger partial charge on any atom is 0.129 e. The van der Waals surface area contributed by atoms with Gasteiger partial charge in [-0.3, -0.25) is 0 Å². The Morgan fingerprint density at radius 1 is 1.10 bits per heavy atom. The highest BCUT2D eigenvalue weighted by molar-refractivity contribution is 6.29. The van der Waals surface area contributed by atoms with Crippen molar-refractivity contribution in [2.75, 3.05) is 0 Å². The van der Waals surface area contributed by atoms with Crippen LogP contribution in [0.2, 0.25) is 5.15 Å². The fraction of sp³-hybridized carbons (Fsp3) is 0.160. The van der Waals surface area contributed by atoms with Gasteiger partial charge in [0.15, 0.2) is 0 Å². The highest BCUT2D eigenvalue weighted by Gasteiger charge is 2.11. The molecule has 1 atom stereocenters. The molecule has 3 nitrogen and oxygen atoms in total. The second-order valence-electron chi connectivity index (χ2n) is 7.20. The van der Waals surface area contributed by atoms with Crippen LogP contribution in [0.3, 0.4) is 0 Å². The van der Waals surface area contributed by atoms with Crippen molar-refractivity contribution in [3.05, 3.63) is 108 Å². The molecule has 2 aromatic heterocycles. The van der Waals surface area contributed by atoms with E-state index in [1.165, 1.54) is 16.5 Å². The second-order valence-corrected chi connectivity index (χ2v) is 7.59. The maximum absolute atomic E-state index is 5.89. The van der Waals surface area contributed by atoms with Crippen LogP contribution >= 0.6 is 11.6 Å². The van der Waals surface area contributed by atoms with Crippen molar-refractivity contribution in [3.63, 3.8) is 0 Å². The highest BCUT2D eigenvalue weighted by atomic mass is 35.5. The van der Waals surface area contributed by atoms with Crippen molar-refractivity contribution >= 4 is 28.2 Å². The van der Waals surface area contributed by atoms with Crippen LogP contribution in [0.15, 0.2) is 85.7 Å². The Kier molecular flexibility index (Phi) is 5.68. The van der Waals surface area contributed by atoms with Crippen LogP contribution in [-0.2, 0) is 6.54 Å². The summed E-state index contributed by atoms with van der Waals surface area (Å²) in [5, 5.41) is 5.30. The number of pyridine rings is 1. The number of aromatic nitrogens is 2. The zero-order chi connectivity index (χ0) is 20.2. The molecule has 0 saturated heterocycles. The minimum atomic E-state index is 0.251. The molecule has 4 aromatic rings. The molecular weight excluding hydrogens is 378 g/mol. The van der Waals surface area contributed by atoms with Gasteiger partial charge in [-0.05, 0) is 47.4 Å². The van der Waals surface area contributed by atoms with Gasteiger partial charge in [-0.25, -0.2) is 4.98 Å². The highest BCUT2D eigenvalue weighted by Crippen LogP contribution is 2.25. The summed E-state index contributed by atoms with van der Waals surface area (Å²) in [7, 11) is 0. The van der Waals surface area contributed by atoms with Crippen molar-refractivity contribution in [2.45, 2.75) is 25.9 Å². The number of halogens is 1. The molecule has 0 saturated carbocycles. The van der Waals surface area contributed by atoms with Gasteiger partial charge in [0.25, 0.3) is 0 Å². The Labute approximate surface area is 176 Å². The first-order chi connectivity index (χ1) is 14.1. The van der Waals surface area contributed by atoms with E-state index in [1.54, 1.807) is 0 Å². The number of fused-ring (bicyclic) bond motifs is 1. The van der Waals surface area contributed by atoms with Gasteiger partial charge in [0.1, 0.15) is 5.15 Å². The van der Waals surface area contributed by atoms with Gasteiger partial charge in [0.05, 0.1) is 6.04 Å². The molecule has 29 heavy (non-hydrogen) atoms. The number of benzene rings is 2. The lowest BCUT2D eigenvalue weighted by Gasteiger charge is -2.20. The van der Waals surface area contributed by atoms with E-state index in [1.807, 2.05) is 24.4 Å². The molecule has 2 heterocycles. The molecule has 0 aliphatic heterocycles. The number of rotatable bonds is 7. The minimum Gasteiger partial charge on any atom is -0.378 e. The third-order valence-electron chi connectivity index (χ3n) is 5.22. The summed E-state index contributed by atoms with van der Waals surface area (Å²) in [5.74, 6) is 0. The molecule has 4 heteroatoms. The lowest BCUT2D eigenvalue weighted by atomic mass is 10.0. The van der Waals surface area contributed by atoms with Gasteiger partial charge in [0, 0.05) is 35.5 Å². The smallest absolute Gasteiger partial charge is 0.129 e. The Bertz CT molecular complexity index is 1110. The van der Waals surface area contributed by atoms with Gasteiger partial charge in [-0.1, -0.05) is 67.6 Å². The number of nitrogens with one attached hydrogen (secondary N) is 1. The lowest BCUT2D eigenvalue weighted by Crippen LogP contribution is -2.18. The molecular formula is C25H24ClN3. The van der Waals surface area contributed by atoms with E-state index in [9.17, 15) is 0 Å². The summed E-state index contributed by atoms with van der Waals surface area (Å²) < 4.78 is 2.22. The van der Waals surface area contributed by atoms with Crippen LogP contribution in [0.25, 0.3) is 16.6 Å². The first-order valence-corrected chi connectivity index (χ1v) is 10.2. The third-order valence-corrected chi connectivity index (χ3v) is 5.44. The van der Waals surface area contributed by atoms with Crippen molar-refractivity contribution in [2.24, 2.45) is 0 Å². The zero-order valence-electron chi connectivity index (χ0n) is 16.5. The first kappa shape index (κ1) is 19.3. The second kappa shape index (κ2) is 8.54. The van der Waals surface area contributed by atoms with E-state index >= 15 is 0 Å². The molecule has 0 fully saturated rings. The van der Waals surface area contributed by atoms with Crippen LogP contribution in [-0.4, -0.2) is 9.55 Å². The molecule has 0 aliphatic carbocycles. The molecule has 2 aromatic carbocycles. The van der Waals surface area contributed by atoms with E-state index in [2.05, 4.69) is 83.1 Å². The summed E-state index contributed by atoms with van der Waals surface area (Å²) in [6.07, 6.45) is 4.93. The first-order valence-electron chi connectivity index (χ1n) is 9.84. The minimum absolute atomic E-state index is 0.251. The Morgan fingerprint density at radius 2 is 1.93 bits per heavy atom. The van der Waals surface area contributed by atoms with Crippen molar-refractivity contribution in [1.82, 2.24) is 14.9 Å². The molecule has 4 rings (SSSR count). The number of nitrogens with zero attached hydrogens (tertiary/aromatic N) is 2. The van der Waals surface area contributed by atoms with E-state index in [-0.39, 0.29) is 6.04 Å². The van der Waals surface area contributed by atoms with E-state index < -0.39 is 0 Å². The van der Waals surface area contributed by atoms with Crippen LogP contribution in [0.1, 0.15) is 36.1 Å². The summed E-state index contributed by atoms with van der Waals surface area (Å²) in [6, 6.07) is 23.2. The Hall–Kier alpha value is -3.04. The summed E-state index contributed by atoms with van der Waals surface area (Å²) in [4.78, 5) is 4.17. The van der Waals surface area contributed by atoms with Crippen LogP contribution in [0, 0.1) is 0 Å². The molecule has 0 amide bonds. The molecule has 0 spiro atoms. The fourth-order valence-electron chi connectivity index (χ4n) is 3.62. The van der Waals surface area contributed by atoms with Crippen LogP contribution < -0.4 is 5.32 Å². The SMILES string of the molecule is C=C(NC(CC)c1ccccc1)c1ccc2c(ccn2Cc2ccc(Cl)nc2)c1. The monoisotopic (exact) mass is 401 g/mol. The van der Waals surface area contributed by atoms with Gasteiger partial charge >= 0.3 is 0 Å². The average Bonchev–Trinajstić information content (AvgIpc) is 3.16. The van der Waals surface area contributed by atoms with E-state index in [0.29, 0.717) is 5.15 Å². The predicted molar refractivity (Wildman–Crippen MR) is 122 cm³/mol. The van der Waals surface area contributed by atoms with Gasteiger partial charge in [-0.2, -0.15) is 0 Å². The van der Waals surface area contributed by atoms with Gasteiger partial charge in [-0.15, -0.1) is 0 Å². The number of hydrogen-bond donors (Lipinski definition) is 1. The van der Waals surface area contributed by atoms with Crippen LogP contribution in [0.4, 0.5) is 0 Å².